The topological polar surface area (TPSA) is 24.9 Å². The lowest BCUT2D eigenvalue weighted by Gasteiger charge is -2.22. The second kappa shape index (κ2) is 4.69. The van der Waals surface area contributed by atoms with Crippen molar-refractivity contribution < 1.29 is 0 Å². The molecule has 76 valence electrons. The minimum atomic E-state index is 0.631. The first kappa shape index (κ1) is 9.84. The van der Waals surface area contributed by atoms with Crippen LogP contribution in [0.25, 0.3) is 0 Å². The molecule has 0 aliphatic carbocycles. The van der Waals surface area contributed by atoms with Crippen molar-refractivity contribution in [3.05, 3.63) is 23.9 Å². The van der Waals surface area contributed by atoms with Crippen molar-refractivity contribution in [2.24, 2.45) is 0 Å². The summed E-state index contributed by atoms with van der Waals surface area (Å²) >= 11 is 2.05. The van der Waals surface area contributed by atoms with Gasteiger partial charge in [-0.3, -0.25) is 0 Å². The largest absolute Gasteiger partial charge is 0.367 e. The van der Waals surface area contributed by atoms with Crippen LogP contribution in [0.4, 0.5) is 5.82 Å². The number of aryl methyl sites for hydroxylation is 1. The summed E-state index contributed by atoms with van der Waals surface area (Å²) in [5, 5.41) is 3.48. The van der Waals surface area contributed by atoms with Crippen molar-refractivity contribution >= 4 is 17.6 Å². The molecule has 0 saturated carbocycles. The van der Waals surface area contributed by atoms with E-state index in [1.54, 1.807) is 0 Å². The van der Waals surface area contributed by atoms with Crippen molar-refractivity contribution in [2.45, 2.75) is 25.8 Å². The van der Waals surface area contributed by atoms with Crippen LogP contribution in [0.15, 0.2) is 18.3 Å². The molecular weight excluding hydrogens is 192 g/mol. The monoisotopic (exact) mass is 208 g/mol. The number of nitrogens with one attached hydrogen (secondary N) is 1. The Balaban J connectivity index is 1.92. The summed E-state index contributed by atoms with van der Waals surface area (Å²) in [7, 11) is 0. The Morgan fingerprint density at radius 1 is 1.36 bits per heavy atom. The number of nitrogens with zero attached hydrogens (tertiary/aromatic N) is 1. The zero-order valence-corrected chi connectivity index (χ0v) is 9.31. The summed E-state index contributed by atoms with van der Waals surface area (Å²) in [6, 6.07) is 4.80. The van der Waals surface area contributed by atoms with Crippen molar-refractivity contribution in [2.75, 3.05) is 16.8 Å². The molecule has 0 amide bonds. The highest BCUT2D eigenvalue weighted by molar-refractivity contribution is 7.99. The Morgan fingerprint density at radius 3 is 2.79 bits per heavy atom. The lowest BCUT2D eigenvalue weighted by atomic mass is 10.1. The number of anilines is 1. The van der Waals surface area contributed by atoms with E-state index in [0.717, 1.165) is 5.82 Å². The Kier molecular flexibility index (Phi) is 3.30. The smallest absolute Gasteiger partial charge is 0.126 e. The van der Waals surface area contributed by atoms with E-state index in [-0.39, 0.29) is 0 Å². The van der Waals surface area contributed by atoms with Crippen LogP contribution in [-0.2, 0) is 0 Å². The summed E-state index contributed by atoms with van der Waals surface area (Å²) in [6.07, 6.45) is 4.44. The first-order valence-electron chi connectivity index (χ1n) is 5.11. The van der Waals surface area contributed by atoms with Gasteiger partial charge in [-0.05, 0) is 42.9 Å². The lowest BCUT2D eigenvalue weighted by molar-refractivity contribution is 0.664. The fourth-order valence-corrected chi connectivity index (χ4v) is 2.71. The van der Waals surface area contributed by atoms with Crippen LogP contribution in [0, 0.1) is 6.92 Å². The second-order valence-electron chi connectivity index (χ2n) is 3.75. The highest BCUT2D eigenvalue weighted by Crippen LogP contribution is 2.19. The van der Waals surface area contributed by atoms with E-state index >= 15 is 0 Å². The molecule has 14 heavy (non-hydrogen) atoms. The lowest BCUT2D eigenvalue weighted by Crippen LogP contribution is -2.24. The molecule has 1 fully saturated rings. The maximum absolute atomic E-state index is 4.35. The van der Waals surface area contributed by atoms with Crippen LogP contribution in [-0.4, -0.2) is 22.5 Å². The second-order valence-corrected chi connectivity index (χ2v) is 4.98. The number of rotatable bonds is 2. The zero-order valence-electron chi connectivity index (χ0n) is 8.49. The third kappa shape index (κ3) is 2.64. The molecule has 2 heterocycles. The summed E-state index contributed by atoms with van der Waals surface area (Å²) in [5.41, 5.74) is 1.22. The summed E-state index contributed by atoms with van der Waals surface area (Å²) in [6.45, 7) is 2.06. The van der Waals surface area contributed by atoms with Gasteiger partial charge in [0.15, 0.2) is 0 Å². The number of pyridine rings is 1. The minimum Gasteiger partial charge on any atom is -0.367 e. The average molecular weight is 208 g/mol. The van der Waals surface area contributed by atoms with Crippen LogP contribution < -0.4 is 5.32 Å². The first-order valence-corrected chi connectivity index (χ1v) is 6.27. The third-order valence-electron chi connectivity index (χ3n) is 2.48. The maximum atomic E-state index is 4.35. The number of hydrogen-bond donors (Lipinski definition) is 1. The van der Waals surface area contributed by atoms with Crippen molar-refractivity contribution in [1.82, 2.24) is 4.98 Å². The van der Waals surface area contributed by atoms with Crippen LogP contribution >= 0.6 is 11.8 Å². The highest BCUT2D eigenvalue weighted by Gasteiger charge is 2.13. The third-order valence-corrected chi connectivity index (χ3v) is 3.53. The molecule has 0 atom stereocenters. The molecule has 0 unspecified atom stereocenters. The van der Waals surface area contributed by atoms with Crippen LogP contribution in [0.2, 0.25) is 0 Å². The maximum Gasteiger partial charge on any atom is 0.126 e. The number of thioether (sulfide) groups is 1. The quantitative estimate of drug-likeness (QED) is 0.809. The molecule has 2 rings (SSSR count). The fourth-order valence-electron chi connectivity index (χ4n) is 1.60. The Hall–Kier alpha value is -0.700. The highest BCUT2D eigenvalue weighted by atomic mass is 32.2. The Bertz CT molecular complexity index is 278. The van der Waals surface area contributed by atoms with Gasteiger partial charge in [0.25, 0.3) is 0 Å². The van der Waals surface area contributed by atoms with E-state index in [9.17, 15) is 0 Å². The van der Waals surface area contributed by atoms with Gasteiger partial charge in [-0.25, -0.2) is 4.98 Å². The number of aromatic nitrogens is 1. The van der Waals surface area contributed by atoms with Gasteiger partial charge < -0.3 is 5.32 Å². The number of hydrogen-bond acceptors (Lipinski definition) is 3. The minimum absolute atomic E-state index is 0.631. The molecule has 3 heteroatoms. The first-order chi connectivity index (χ1) is 6.84. The van der Waals surface area contributed by atoms with E-state index in [0.29, 0.717) is 6.04 Å². The van der Waals surface area contributed by atoms with Crippen LogP contribution in [0.3, 0.4) is 0 Å². The molecule has 0 radical (unpaired) electrons. The van der Waals surface area contributed by atoms with E-state index in [4.69, 9.17) is 0 Å². The molecule has 1 aromatic rings. The SMILES string of the molecule is Cc1ccc(NC2CCSCC2)nc1. The van der Waals surface area contributed by atoms with Crippen LogP contribution in [0.5, 0.6) is 0 Å². The molecular formula is C11H16N2S. The molecule has 1 saturated heterocycles. The average Bonchev–Trinajstić information content (AvgIpc) is 2.23. The van der Waals surface area contributed by atoms with Gasteiger partial charge in [-0.15, -0.1) is 0 Å². The van der Waals surface area contributed by atoms with Crippen LogP contribution in [0.1, 0.15) is 18.4 Å². The van der Waals surface area contributed by atoms with Gasteiger partial charge in [0.1, 0.15) is 5.82 Å². The summed E-state index contributed by atoms with van der Waals surface area (Å²) in [4.78, 5) is 4.35. The van der Waals surface area contributed by atoms with Gasteiger partial charge >= 0.3 is 0 Å². The van der Waals surface area contributed by atoms with Gasteiger partial charge in [-0.1, -0.05) is 6.07 Å². The molecule has 1 aliphatic rings. The van der Waals surface area contributed by atoms with E-state index in [1.807, 2.05) is 6.20 Å². The normalized spacial score (nSPS) is 18.1. The predicted molar refractivity (Wildman–Crippen MR) is 62.9 cm³/mol. The van der Waals surface area contributed by atoms with Crippen molar-refractivity contribution in [3.8, 4) is 0 Å². The van der Waals surface area contributed by atoms with Gasteiger partial charge in [0.05, 0.1) is 0 Å². The van der Waals surface area contributed by atoms with E-state index < -0.39 is 0 Å². The molecule has 1 N–H and O–H groups in total. The molecule has 1 aliphatic heterocycles. The molecule has 0 aromatic carbocycles. The Labute approximate surface area is 89.5 Å². The molecule has 2 nitrogen and oxygen atoms in total. The molecule has 1 aromatic heterocycles. The fraction of sp³-hybridized carbons (Fsp3) is 0.545. The van der Waals surface area contributed by atoms with Crippen molar-refractivity contribution in [3.63, 3.8) is 0 Å². The van der Waals surface area contributed by atoms with E-state index in [2.05, 4.69) is 41.1 Å². The Morgan fingerprint density at radius 2 is 2.14 bits per heavy atom. The van der Waals surface area contributed by atoms with Gasteiger partial charge in [0.2, 0.25) is 0 Å². The standard InChI is InChI=1S/C11H16N2S/c1-9-2-3-11(12-8-9)13-10-4-6-14-7-5-10/h2-3,8,10H,4-7H2,1H3,(H,12,13). The zero-order chi connectivity index (χ0) is 9.80. The van der Waals surface area contributed by atoms with E-state index in [1.165, 1.54) is 29.9 Å². The van der Waals surface area contributed by atoms with Gasteiger partial charge in [0, 0.05) is 12.2 Å². The van der Waals surface area contributed by atoms with Crippen molar-refractivity contribution in [1.29, 1.82) is 0 Å². The predicted octanol–water partition coefficient (Wildman–Crippen LogP) is 2.70. The molecule has 0 spiro atoms. The summed E-state index contributed by atoms with van der Waals surface area (Å²) in [5.74, 6) is 3.58. The summed E-state index contributed by atoms with van der Waals surface area (Å²) < 4.78 is 0. The molecule has 0 bridgehead atoms. The van der Waals surface area contributed by atoms with Gasteiger partial charge in [-0.2, -0.15) is 11.8 Å².